The third-order valence-corrected chi connectivity index (χ3v) is 3.60. The minimum atomic E-state index is 0.666. The number of hydrogen-bond donors (Lipinski definition) is 1. The van der Waals surface area contributed by atoms with Gasteiger partial charge in [0.1, 0.15) is 17.3 Å². The van der Waals surface area contributed by atoms with Crippen molar-refractivity contribution in [3.63, 3.8) is 0 Å². The molecule has 2 heterocycles. The van der Waals surface area contributed by atoms with E-state index in [1.807, 2.05) is 41.8 Å². The topological polar surface area (TPSA) is 62.3 Å². The van der Waals surface area contributed by atoms with Crippen LogP contribution in [0.3, 0.4) is 0 Å². The number of aryl methyl sites for hydroxylation is 1. The molecule has 5 heteroatoms. The van der Waals surface area contributed by atoms with E-state index in [2.05, 4.69) is 4.98 Å². The van der Waals surface area contributed by atoms with Gasteiger partial charge in [-0.15, -0.1) is 0 Å². The molecule has 0 unspecified atom stereocenters. The fourth-order valence-electron chi connectivity index (χ4n) is 2.48. The molecule has 1 aromatic carbocycles. The Morgan fingerprint density at radius 3 is 2.38 bits per heavy atom. The van der Waals surface area contributed by atoms with Crippen molar-refractivity contribution >= 4 is 16.9 Å². The molecule has 0 spiro atoms. The van der Waals surface area contributed by atoms with E-state index in [1.165, 1.54) is 0 Å². The summed E-state index contributed by atoms with van der Waals surface area (Å²) in [6.45, 7) is 1.97. The first-order valence-electron chi connectivity index (χ1n) is 6.60. The van der Waals surface area contributed by atoms with Crippen LogP contribution >= 0.6 is 0 Å². The Labute approximate surface area is 122 Å². The van der Waals surface area contributed by atoms with Crippen molar-refractivity contribution in [2.75, 3.05) is 20.0 Å². The maximum Gasteiger partial charge on any atom is 0.124 e. The highest BCUT2D eigenvalue weighted by Crippen LogP contribution is 2.32. The molecule has 2 aromatic heterocycles. The van der Waals surface area contributed by atoms with E-state index in [4.69, 9.17) is 15.2 Å². The van der Waals surface area contributed by atoms with Gasteiger partial charge in [-0.1, -0.05) is 0 Å². The van der Waals surface area contributed by atoms with Crippen molar-refractivity contribution in [2.24, 2.45) is 0 Å². The van der Waals surface area contributed by atoms with Crippen molar-refractivity contribution in [2.45, 2.75) is 6.92 Å². The monoisotopic (exact) mass is 283 g/mol. The first kappa shape index (κ1) is 13.3. The number of hydrogen-bond acceptors (Lipinski definition) is 4. The number of methoxy groups -OCH3 is 2. The van der Waals surface area contributed by atoms with E-state index in [1.54, 1.807) is 20.4 Å². The number of fused-ring (bicyclic) bond motifs is 1. The molecule has 0 aliphatic heterocycles. The molecule has 21 heavy (non-hydrogen) atoms. The van der Waals surface area contributed by atoms with Gasteiger partial charge in [-0.3, -0.25) is 9.55 Å². The lowest BCUT2D eigenvalue weighted by Gasteiger charge is -2.12. The average Bonchev–Trinajstić information content (AvgIpc) is 2.78. The van der Waals surface area contributed by atoms with Crippen LogP contribution in [0.2, 0.25) is 0 Å². The van der Waals surface area contributed by atoms with E-state index < -0.39 is 0 Å². The van der Waals surface area contributed by atoms with E-state index in [-0.39, 0.29) is 0 Å². The molecule has 0 saturated carbocycles. The van der Waals surface area contributed by atoms with Gasteiger partial charge in [0, 0.05) is 30.0 Å². The van der Waals surface area contributed by atoms with E-state index in [9.17, 15) is 0 Å². The van der Waals surface area contributed by atoms with Crippen molar-refractivity contribution in [1.29, 1.82) is 0 Å². The first-order chi connectivity index (χ1) is 10.2. The Balaban J connectivity index is 2.32. The SMILES string of the molecule is COc1cc(OC)cc(-n2c(N)c(C)c3ncccc32)c1. The predicted molar refractivity (Wildman–Crippen MR) is 83.3 cm³/mol. The standard InChI is InChI=1S/C16H17N3O2/c1-10-15-14(5-4-6-18-15)19(16(10)17)11-7-12(20-2)9-13(8-11)21-3/h4-9H,17H2,1-3H3. The van der Waals surface area contributed by atoms with Gasteiger partial charge in [0.15, 0.2) is 0 Å². The number of pyridine rings is 1. The Kier molecular flexibility index (Phi) is 3.17. The van der Waals surface area contributed by atoms with Gasteiger partial charge in [0.05, 0.1) is 30.9 Å². The van der Waals surface area contributed by atoms with Crippen LogP contribution in [0.4, 0.5) is 5.82 Å². The number of rotatable bonds is 3. The van der Waals surface area contributed by atoms with Crippen LogP contribution < -0.4 is 15.2 Å². The molecule has 2 N–H and O–H groups in total. The zero-order valence-electron chi connectivity index (χ0n) is 12.3. The van der Waals surface area contributed by atoms with Gasteiger partial charge < -0.3 is 15.2 Å². The Hall–Kier alpha value is -2.69. The molecular weight excluding hydrogens is 266 g/mol. The van der Waals surface area contributed by atoms with Crippen LogP contribution in [-0.2, 0) is 0 Å². The molecule has 0 saturated heterocycles. The highest BCUT2D eigenvalue weighted by Gasteiger charge is 2.15. The highest BCUT2D eigenvalue weighted by molar-refractivity contribution is 5.87. The number of ether oxygens (including phenoxy) is 2. The van der Waals surface area contributed by atoms with Crippen molar-refractivity contribution in [3.05, 3.63) is 42.1 Å². The second-order valence-corrected chi connectivity index (χ2v) is 4.79. The van der Waals surface area contributed by atoms with Crippen molar-refractivity contribution < 1.29 is 9.47 Å². The van der Waals surface area contributed by atoms with Gasteiger partial charge in [0.25, 0.3) is 0 Å². The van der Waals surface area contributed by atoms with Crippen LogP contribution in [-0.4, -0.2) is 23.8 Å². The fourth-order valence-corrected chi connectivity index (χ4v) is 2.48. The number of benzene rings is 1. The zero-order valence-corrected chi connectivity index (χ0v) is 12.3. The third-order valence-electron chi connectivity index (χ3n) is 3.60. The molecule has 0 aliphatic carbocycles. The Bertz CT molecular complexity index is 786. The summed E-state index contributed by atoms with van der Waals surface area (Å²) >= 11 is 0. The fraction of sp³-hybridized carbons (Fsp3) is 0.188. The molecule has 0 bridgehead atoms. The van der Waals surface area contributed by atoms with Crippen LogP contribution in [0.1, 0.15) is 5.56 Å². The van der Waals surface area contributed by atoms with Crippen LogP contribution in [0.5, 0.6) is 11.5 Å². The minimum absolute atomic E-state index is 0.666. The molecule has 0 radical (unpaired) electrons. The maximum atomic E-state index is 6.27. The maximum absolute atomic E-state index is 6.27. The van der Waals surface area contributed by atoms with Gasteiger partial charge >= 0.3 is 0 Å². The summed E-state index contributed by atoms with van der Waals surface area (Å²) in [6, 6.07) is 9.57. The number of aromatic nitrogens is 2. The van der Waals surface area contributed by atoms with E-state index in [0.717, 1.165) is 22.3 Å². The normalized spacial score (nSPS) is 10.8. The largest absolute Gasteiger partial charge is 0.497 e. The summed E-state index contributed by atoms with van der Waals surface area (Å²) < 4.78 is 12.6. The molecule has 0 aliphatic rings. The van der Waals surface area contributed by atoms with Gasteiger partial charge in [-0.2, -0.15) is 0 Å². The summed E-state index contributed by atoms with van der Waals surface area (Å²) in [5, 5.41) is 0. The second-order valence-electron chi connectivity index (χ2n) is 4.79. The Morgan fingerprint density at radius 1 is 1.10 bits per heavy atom. The highest BCUT2D eigenvalue weighted by atomic mass is 16.5. The number of nitrogens with two attached hydrogens (primary N) is 1. The molecule has 0 fully saturated rings. The van der Waals surface area contributed by atoms with Gasteiger partial charge in [0.2, 0.25) is 0 Å². The quantitative estimate of drug-likeness (QED) is 0.802. The Morgan fingerprint density at radius 2 is 1.76 bits per heavy atom. The van der Waals surface area contributed by atoms with Crippen molar-refractivity contribution in [3.8, 4) is 17.2 Å². The summed E-state index contributed by atoms with van der Waals surface area (Å²) in [6.07, 6.45) is 1.77. The first-order valence-corrected chi connectivity index (χ1v) is 6.60. The van der Waals surface area contributed by atoms with Crippen LogP contribution in [0.15, 0.2) is 36.5 Å². The van der Waals surface area contributed by atoms with Crippen LogP contribution in [0, 0.1) is 6.92 Å². The predicted octanol–water partition coefficient (Wildman–Crippen LogP) is 2.93. The molecule has 5 nitrogen and oxygen atoms in total. The number of anilines is 1. The summed E-state index contributed by atoms with van der Waals surface area (Å²) in [4.78, 5) is 4.41. The molecule has 3 aromatic rings. The van der Waals surface area contributed by atoms with E-state index >= 15 is 0 Å². The van der Waals surface area contributed by atoms with Gasteiger partial charge in [-0.25, -0.2) is 0 Å². The van der Waals surface area contributed by atoms with E-state index in [0.29, 0.717) is 17.3 Å². The number of nitrogen functional groups attached to an aromatic ring is 1. The average molecular weight is 283 g/mol. The van der Waals surface area contributed by atoms with Gasteiger partial charge in [-0.05, 0) is 19.1 Å². The minimum Gasteiger partial charge on any atom is -0.497 e. The van der Waals surface area contributed by atoms with Crippen molar-refractivity contribution in [1.82, 2.24) is 9.55 Å². The summed E-state index contributed by atoms with van der Waals surface area (Å²) in [7, 11) is 3.25. The van der Waals surface area contributed by atoms with Crippen LogP contribution in [0.25, 0.3) is 16.7 Å². The molecular formula is C16H17N3O2. The molecule has 3 rings (SSSR count). The third kappa shape index (κ3) is 2.07. The summed E-state index contributed by atoms with van der Waals surface area (Å²) in [5.74, 6) is 2.10. The zero-order chi connectivity index (χ0) is 15.0. The molecule has 0 amide bonds. The smallest absolute Gasteiger partial charge is 0.124 e. The second kappa shape index (κ2) is 5.01. The molecule has 0 atom stereocenters. The molecule has 108 valence electrons. The lowest BCUT2D eigenvalue weighted by Crippen LogP contribution is -2.01. The lowest BCUT2D eigenvalue weighted by molar-refractivity contribution is 0.394. The summed E-state index contributed by atoms with van der Waals surface area (Å²) in [5.41, 5.74) is 9.98. The lowest BCUT2D eigenvalue weighted by atomic mass is 10.2. The number of nitrogens with zero attached hydrogens (tertiary/aromatic N) is 2.